The Morgan fingerprint density at radius 1 is 1.27 bits per heavy atom. The van der Waals surface area contributed by atoms with Crippen LogP contribution in [0.4, 0.5) is 0 Å². The van der Waals surface area contributed by atoms with Crippen LogP contribution in [0.1, 0.15) is 23.8 Å². The smallest absolute Gasteiger partial charge is 0.252 e. The lowest BCUT2D eigenvalue weighted by Gasteiger charge is -2.25. The summed E-state index contributed by atoms with van der Waals surface area (Å²) in [6.45, 7) is 1.53. The van der Waals surface area contributed by atoms with E-state index in [1.165, 1.54) is 6.26 Å². The maximum absolute atomic E-state index is 12.3. The molecule has 1 aromatic heterocycles. The standard InChI is InChI=1S/C17H19NO4/c1-16(20,14-7-4-8-22-14)11-18-15(19)17(21)9-12-5-2-3-6-13(12)10-17/h2-8,20-21H,9-11H2,1H3,(H,18,19)/t16-/m1/s1. The van der Waals surface area contributed by atoms with Crippen LogP contribution in [0.2, 0.25) is 0 Å². The van der Waals surface area contributed by atoms with E-state index >= 15 is 0 Å². The van der Waals surface area contributed by atoms with Crippen LogP contribution in [-0.4, -0.2) is 28.3 Å². The fourth-order valence-electron chi connectivity index (χ4n) is 2.84. The highest BCUT2D eigenvalue weighted by atomic mass is 16.4. The van der Waals surface area contributed by atoms with Gasteiger partial charge in [-0.3, -0.25) is 4.79 Å². The molecule has 1 aromatic carbocycles. The third-order valence-electron chi connectivity index (χ3n) is 4.15. The fourth-order valence-corrected chi connectivity index (χ4v) is 2.84. The lowest BCUT2D eigenvalue weighted by atomic mass is 9.98. The van der Waals surface area contributed by atoms with Crippen LogP contribution in [0.5, 0.6) is 0 Å². The average molecular weight is 301 g/mol. The molecule has 0 spiro atoms. The maximum atomic E-state index is 12.3. The van der Waals surface area contributed by atoms with Crippen molar-refractivity contribution in [3.63, 3.8) is 0 Å². The van der Waals surface area contributed by atoms with Crippen LogP contribution >= 0.6 is 0 Å². The summed E-state index contributed by atoms with van der Waals surface area (Å²) < 4.78 is 5.17. The Kier molecular flexibility index (Phi) is 3.54. The van der Waals surface area contributed by atoms with Gasteiger partial charge in [0, 0.05) is 12.8 Å². The number of furan rings is 1. The van der Waals surface area contributed by atoms with Gasteiger partial charge in [0.25, 0.3) is 5.91 Å². The summed E-state index contributed by atoms with van der Waals surface area (Å²) in [6, 6.07) is 10.9. The number of aliphatic hydroxyl groups is 2. The molecule has 5 nitrogen and oxygen atoms in total. The van der Waals surface area contributed by atoms with E-state index in [9.17, 15) is 15.0 Å². The highest BCUT2D eigenvalue weighted by Gasteiger charge is 2.42. The highest BCUT2D eigenvalue weighted by molar-refractivity contribution is 5.86. The lowest BCUT2D eigenvalue weighted by Crippen LogP contribution is -2.51. The van der Waals surface area contributed by atoms with Gasteiger partial charge >= 0.3 is 0 Å². The minimum absolute atomic E-state index is 0.0298. The van der Waals surface area contributed by atoms with Gasteiger partial charge in [-0.2, -0.15) is 0 Å². The number of carbonyl (C=O) groups is 1. The van der Waals surface area contributed by atoms with E-state index in [-0.39, 0.29) is 19.4 Å². The molecule has 0 unspecified atom stereocenters. The zero-order chi connectivity index (χ0) is 15.8. The first kappa shape index (κ1) is 14.8. The number of hydrogen-bond acceptors (Lipinski definition) is 4. The predicted octanol–water partition coefficient (Wildman–Crippen LogP) is 1.13. The van der Waals surface area contributed by atoms with Gasteiger partial charge in [0.2, 0.25) is 0 Å². The molecule has 116 valence electrons. The molecule has 3 N–H and O–H groups in total. The number of rotatable bonds is 4. The monoisotopic (exact) mass is 301 g/mol. The van der Waals surface area contributed by atoms with Crippen molar-refractivity contribution in [1.82, 2.24) is 5.32 Å². The summed E-state index contributed by atoms with van der Waals surface area (Å²) in [5, 5.41) is 23.6. The van der Waals surface area contributed by atoms with Crippen molar-refractivity contribution in [2.75, 3.05) is 6.54 Å². The number of hydrogen-bond donors (Lipinski definition) is 3. The molecule has 2 aromatic rings. The van der Waals surface area contributed by atoms with E-state index in [4.69, 9.17) is 4.42 Å². The van der Waals surface area contributed by atoms with Crippen molar-refractivity contribution < 1.29 is 19.4 Å². The van der Waals surface area contributed by atoms with Crippen LogP contribution in [0.3, 0.4) is 0 Å². The molecular formula is C17H19NO4. The van der Waals surface area contributed by atoms with Gasteiger partial charge in [-0.05, 0) is 30.2 Å². The highest BCUT2D eigenvalue weighted by Crippen LogP contribution is 2.30. The molecule has 1 heterocycles. The van der Waals surface area contributed by atoms with E-state index in [0.717, 1.165) is 11.1 Å². The van der Waals surface area contributed by atoms with Gasteiger partial charge in [0.1, 0.15) is 11.4 Å². The Labute approximate surface area is 128 Å². The Hall–Kier alpha value is -2.11. The molecule has 0 saturated carbocycles. The molecule has 1 atom stereocenters. The minimum atomic E-state index is -1.46. The summed E-state index contributed by atoms with van der Waals surface area (Å²) in [7, 11) is 0. The molecule has 1 amide bonds. The SMILES string of the molecule is C[C@@](O)(CNC(=O)C1(O)Cc2ccccc2C1)c1ccco1. The van der Waals surface area contributed by atoms with E-state index < -0.39 is 17.1 Å². The van der Waals surface area contributed by atoms with Crippen molar-refractivity contribution >= 4 is 5.91 Å². The third-order valence-corrected chi connectivity index (χ3v) is 4.15. The second-order valence-corrected chi connectivity index (χ2v) is 6.09. The molecule has 0 bridgehead atoms. The first-order valence-corrected chi connectivity index (χ1v) is 7.25. The van der Waals surface area contributed by atoms with Gasteiger partial charge in [-0.15, -0.1) is 0 Å². The number of benzene rings is 1. The summed E-state index contributed by atoms with van der Waals surface area (Å²) in [6.07, 6.45) is 2.04. The van der Waals surface area contributed by atoms with Crippen molar-refractivity contribution in [3.8, 4) is 0 Å². The Morgan fingerprint density at radius 3 is 2.45 bits per heavy atom. The van der Waals surface area contributed by atoms with Gasteiger partial charge < -0.3 is 19.9 Å². The van der Waals surface area contributed by atoms with Gasteiger partial charge in [-0.25, -0.2) is 0 Å². The molecular weight excluding hydrogens is 282 g/mol. The number of amides is 1. The quantitative estimate of drug-likeness (QED) is 0.790. The fraction of sp³-hybridized carbons (Fsp3) is 0.353. The Balaban J connectivity index is 1.66. The van der Waals surface area contributed by atoms with Crippen molar-refractivity contribution in [2.45, 2.75) is 31.0 Å². The second-order valence-electron chi connectivity index (χ2n) is 6.09. The third kappa shape index (κ3) is 2.65. The van der Waals surface area contributed by atoms with Crippen molar-refractivity contribution in [2.24, 2.45) is 0 Å². The largest absolute Gasteiger partial charge is 0.466 e. The average Bonchev–Trinajstić information content (AvgIpc) is 3.12. The van der Waals surface area contributed by atoms with Gasteiger partial charge in [0.05, 0.1) is 12.8 Å². The summed E-state index contributed by atoms with van der Waals surface area (Å²) in [5.41, 5.74) is -0.805. The molecule has 0 saturated heterocycles. The van der Waals surface area contributed by atoms with Crippen LogP contribution in [0, 0.1) is 0 Å². The Morgan fingerprint density at radius 2 is 1.91 bits per heavy atom. The second kappa shape index (κ2) is 5.26. The van der Waals surface area contributed by atoms with E-state index in [2.05, 4.69) is 5.32 Å². The summed E-state index contributed by atoms with van der Waals surface area (Å²) in [5.74, 6) is -0.106. The molecule has 22 heavy (non-hydrogen) atoms. The predicted molar refractivity (Wildman–Crippen MR) is 80.1 cm³/mol. The zero-order valence-corrected chi connectivity index (χ0v) is 12.4. The summed E-state index contributed by atoms with van der Waals surface area (Å²) in [4.78, 5) is 12.3. The van der Waals surface area contributed by atoms with Crippen LogP contribution in [0.25, 0.3) is 0 Å². The zero-order valence-electron chi connectivity index (χ0n) is 12.4. The lowest BCUT2D eigenvalue weighted by molar-refractivity contribution is -0.140. The molecule has 1 aliphatic rings. The van der Waals surface area contributed by atoms with Gasteiger partial charge in [0.15, 0.2) is 5.60 Å². The van der Waals surface area contributed by atoms with E-state index in [1.807, 2.05) is 24.3 Å². The van der Waals surface area contributed by atoms with Crippen LogP contribution in [0.15, 0.2) is 47.1 Å². The van der Waals surface area contributed by atoms with Crippen LogP contribution in [-0.2, 0) is 23.2 Å². The first-order chi connectivity index (χ1) is 10.4. The molecule has 0 radical (unpaired) electrons. The minimum Gasteiger partial charge on any atom is -0.466 e. The molecule has 0 aliphatic heterocycles. The molecule has 1 aliphatic carbocycles. The topological polar surface area (TPSA) is 82.7 Å². The molecule has 0 fully saturated rings. The maximum Gasteiger partial charge on any atom is 0.252 e. The molecule has 5 heteroatoms. The van der Waals surface area contributed by atoms with Crippen LogP contribution < -0.4 is 5.32 Å². The normalized spacial score (nSPS) is 18.5. The van der Waals surface area contributed by atoms with Gasteiger partial charge in [-0.1, -0.05) is 24.3 Å². The number of carbonyl (C=O) groups excluding carboxylic acids is 1. The molecule has 3 rings (SSSR count). The number of nitrogens with one attached hydrogen (secondary N) is 1. The van der Waals surface area contributed by atoms with E-state index in [0.29, 0.717) is 5.76 Å². The number of fused-ring (bicyclic) bond motifs is 1. The Bertz CT molecular complexity index is 651. The summed E-state index contributed by atoms with van der Waals surface area (Å²) >= 11 is 0. The van der Waals surface area contributed by atoms with E-state index in [1.54, 1.807) is 19.1 Å². The van der Waals surface area contributed by atoms with Crippen molar-refractivity contribution in [1.29, 1.82) is 0 Å². The first-order valence-electron chi connectivity index (χ1n) is 7.25. The van der Waals surface area contributed by atoms with Crippen molar-refractivity contribution in [3.05, 3.63) is 59.5 Å².